The topological polar surface area (TPSA) is 404 Å². The highest BCUT2D eigenvalue weighted by molar-refractivity contribution is 8.14. The van der Waals surface area contributed by atoms with E-state index < -0.39 is 84.6 Å². The van der Waals surface area contributed by atoms with Crippen molar-refractivity contribution in [1.82, 2.24) is 30.2 Å². The van der Waals surface area contributed by atoms with Crippen molar-refractivity contribution in [3.8, 4) is 0 Å². The number of nitrogens with one attached hydrogen (secondary N) is 2. The van der Waals surface area contributed by atoms with Gasteiger partial charge >= 0.3 is 23.5 Å². The number of aliphatic hydroxyl groups is 4. The van der Waals surface area contributed by atoms with Crippen LogP contribution in [0.25, 0.3) is 11.2 Å². The predicted octanol–water partition coefficient (Wildman–Crippen LogP) is 4.02. The fourth-order valence-electron chi connectivity index (χ4n) is 13.4. The molecule has 2 amide bonds. The molecule has 78 heavy (non-hydrogen) atoms. The van der Waals surface area contributed by atoms with Gasteiger partial charge in [-0.25, -0.2) is 28.6 Å². The highest BCUT2D eigenvalue weighted by Crippen LogP contribution is 2.68. The molecule has 2 aromatic rings. The Morgan fingerprint density at radius 2 is 1.65 bits per heavy atom. The summed E-state index contributed by atoms with van der Waals surface area (Å²) in [5, 5.41) is 48.7. The summed E-state index contributed by atoms with van der Waals surface area (Å²) < 4.78 is 62.8. The van der Waals surface area contributed by atoms with E-state index in [1.807, 2.05) is 6.08 Å². The zero-order valence-electron chi connectivity index (χ0n) is 44.7. The molecule has 0 aromatic carbocycles. The molecule has 26 nitrogen and oxygen atoms in total. The molecule has 0 spiro atoms. The van der Waals surface area contributed by atoms with Gasteiger partial charge in [0.05, 0.1) is 31.7 Å². The lowest BCUT2D eigenvalue weighted by Crippen LogP contribution is -2.58. The largest absolute Gasteiger partial charge is 0.481 e. The first-order chi connectivity index (χ1) is 36.4. The summed E-state index contributed by atoms with van der Waals surface area (Å²) in [5.41, 5.74) is 5.28. The molecule has 3 unspecified atom stereocenters. The van der Waals surface area contributed by atoms with Crippen LogP contribution in [0.4, 0.5) is 5.82 Å². The Bertz CT molecular complexity index is 2660. The molecule has 7 rings (SSSR count). The third kappa shape index (κ3) is 14.5. The summed E-state index contributed by atoms with van der Waals surface area (Å²) in [7, 11) is -16.5. The van der Waals surface area contributed by atoms with Gasteiger partial charge in [0, 0.05) is 30.7 Å². The minimum Gasteiger partial charge on any atom is -0.393 e. The fourth-order valence-corrected chi connectivity index (χ4v) is 16.9. The zero-order valence-corrected chi connectivity index (χ0v) is 48.2. The maximum atomic E-state index is 13.0. The lowest BCUT2D eigenvalue weighted by Gasteiger charge is -2.62. The summed E-state index contributed by atoms with van der Waals surface area (Å²) in [6.45, 7) is 9.48. The number of nitrogen functional groups attached to an aromatic ring is 1. The van der Waals surface area contributed by atoms with Crippen LogP contribution >= 0.6 is 35.2 Å². The monoisotopic (exact) mass is 1180 g/mol. The Hall–Kier alpha value is -2.78. The van der Waals surface area contributed by atoms with E-state index in [4.69, 9.17) is 19.5 Å². The molecule has 3 heterocycles. The van der Waals surface area contributed by atoms with E-state index >= 15 is 0 Å². The van der Waals surface area contributed by atoms with Crippen molar-refractivity contribution in [3.05, 3.63) is 24.3 Å². The molecule has 5 aliphatic rings. The normalized spacial score (nSPS) is 33.7. The van der Waals surface area contributed by atoms with E-state index in [-0.39, 0.29) is 64.6 Å². The highest BCUT2D eigenvalue weighted by Gasteiger charge is 2.63. The minimum absolute atomic E-state index is 0.0280. The van der Waals surface area contributed by atoms with Gasteiger partial charge in [-0.15, -0.1) is 0 Å². The first-order valence-corrected chi connectivity index (χ1v) is 32.0. The van der Waals surface area contributed by atoms with Crippen LogP contribution in [0.1, 0.15) is 118 Å². The third-order valence-electron chi connectivity index (χ3n) is 17.5. The number of nitrogens with zero attached hydrogens (tertiary/aromatic N) is 4. The Kier molecular flexibility index (Phi) is 20.1. The number of ether oxygens (including phenoxy) is 1. The number of aromatic nitrogens is 4. The van der Waals surface area contributed by atoms with Crippen LogP contribution < -0.4 is 16.4 Å². The SMILES string of the molecule is C/C(=C\CC[C@@H](C)[C@H]1CC[C@H]2[C@@H]3[C@H](O)C[C@@H]4C[C@H](O)CC[C@]4(C)[C@H]3CC[C@]12C)C(=O)SCCNC(=O)CCNC(=O)C(O)C(C)(C)COP(=O)(O)OP(=O)(O)OC[C@H]1O[C@@H](n2cnc3c(N)ncnc32)[C@H](O)[C@@H]1OP(=O)(O)O. The van der Waals surface area contributed by atoms with Crippen molar-refractivity contribution in [2.75, 3.05) is 37.8 Å². The summed E-state index contributed by atoms with van der Waals surface area (Å²) >= 11 is 1.09. The maximum Gasteiger partial charge on any atom is 0.481 e. The second-order valence-electron chi connectivity index (χ2n) is 23.1. The fraction of sp³-hybridized carbons (Fsp3) is 0.792. The van der Waals surface area contributed by atoms with Gasteiger partial charge in [-0.2, -0.15) is 4.31 Å². The summed E-state index contributed by atoms with van der Waals surface area (Å²) in [5.74, 6) is 1.56. The highest BCUT2D eigenvalue weighted by atomic mass is 32.2. The average Bonchev–Trinajstić information content (AvgIpc) is 4.21. The van der Waals surface area contributed by atoms with Gasteiger partial charge in [-0.05, 0) is 123 Å². The van der Waals surface area contributed by atoms with Crippen LogP contribution in [0.15, 0.2) is 24.3 Å². The molecule has 4 saturated carbocycles. The summed E-state index contributed by atoms with van der Waals surface area (Å²) in [6.07, 6.45) is 4.28. The Balaban J connectivity index is 0.775. The smallest absolute Gasteiger partial charge is 0.393 e. The van der Waals surface area contributed by atoms with Gasteiger partial charge in [0.15, 0.2) is 17.7 Å². The number of phosphoric acid groups is 3. The van der Waals surface area contributed by atoms with Crippen molar-refractivity contribution < 1.29 is 90.7 Å². The number of nitrogens with two attached hydrogens (primary N) is 1. The van der Waals surface area contributed by atoms with Gasteiger partial charge < -0.3 is 61.1 Å². The van der Waals surface area contributed by atoms with Crippen LogP contribution in [0.2, 0.25) is 0 Å². The second kappa shape index (κ2) is 25.0. The molecular weight excluding hydrogens is 1100 g/mol. The third-order valence-corrected chi connectivity index (χ3v) is 21.6. The number of phosphoric ester groups is 3. The molecule has 2 aromatic heterocycles. The average molecular weight is 1180 g/mol. The lowest BCUT2D eigenvalue weighted by molar-refractivity contribution is -0.174. The minimum atomic E-state index is -5.60. The number of carbonyl (C=O) groups is 3. The first-order valence-electron chi connectivity index (χ1n) is 26.5. The van der Waals surface area contributed by atoms with Crippen LogP contribution in [0.5, 0.6) is 0 Å². The molecule has 17 atom stereocenters. The van der Waals surface area contributed by atoms with Gasteiger partial charge in [-0.3, -0.25) is 32.5 Å². The van der Waals surface area contributed by atoms with Crippen LogP contribution in [-0.2, 0) is 50.7 Å². The molecule has 440 valence electrons. The second-order valence-corrected chi connectivity index (χ2v) is 28.4. The van der Waals surface area contributed by atoms with Crippen LogP contribution in [0.3, 0.4) is 0 Å². The summed E-state index contributed by atoms with van der Waals surface area (Å²) in [4.78, 5) is 89.8. The molecule has 4 aliphatic carbocycles. The quantitative estimate of drug-likeness (QED) is 0.0402. The number of anilines is 1. The number of rotatable bonds is 24. The number of thioether (sulfide) groups is 1. The zero-order chi connectivity index (χ0) is 57.3. The predicted molar refractivity (Wildman–Crippen MR) is 282 cm³/mol. The molecule has 12 N–H and O–H groups in total. The first kappa shape index (κ1) is 62.8. The van der Waals surface area contributed by atoms with Crippen molar-refractivity contribution >= 4 is 69.1 Å². The van der Waals surface area contributed by atoms with E-state index in [9.17, 15) is 68.1 Å². The Morgan fingerprint density at radius 1 is 0.962 bits per heavy atom. The van der Waals surface area contributed by atoms with E-state index in [2.05, 4.69) is 55.2 Å². The van der Waals surface area contributed by atoms with Crippen molar-refractivity contribution in [2.45, 2.75) is 155 Å². The molecule has 5 fully saturated rings. The number of hydrogen-bond acceptors (Lipinski definition) is 20. The number of aliphatic hydroxyl groups excluding tert-OH is 4. The van der Waals surface area contributed by atoms with E-state index in [1.54, 1.807) is 6.92 Å². The lowest BCUT2D eigenvalue weighted by atomic mass is 9.43. The van der Waals surface area contributed by atoms with Gasteiger partial charge in [-0.1, -0.05) is 52.5 Å². The number of fused-ring (bicyclic) bond motifs is 6. The van der Waals surface area contributed by atoms with Crippen molar-refractivity contribution in [1.29, 1.82) is 0 Å². The van der Waals surface area contributed by atoms with Crippen molar-refractivity contribution in [3.63, 3.8) is 0 Å². The Labute approximate surface area is 457 Å². The number of imidazole rings is 1. The molecule has 30 heteroatoms. The van der Waals surface area contributed by atoms with Gasteiger partial charge in [0.1, 0.15) is 36.3 Å². The molecule has 1 aliphatic heterocycles. The number of hydrogen-bond donors (Lipinski definition) is 11. The van der Waals surface area contributed by atoms with E-state index in [0.29, 0.717) is 46.8 Å². The summed E-state index contributed by atoms with van der Waals surface area (Å²) in [6, 6.07) is 0. The van der Waals surface area contributed by atoms with Crippen LogP contribution in [-0.4, -0.2) is 145 Å². The van der Waals surface area contributed by atoms with E-state index in [1.165, 1.54) is 20.3 Å². The van der Waals surface area contributed by atoms with Gasteiger partial charge in [0.25, 0.3) is 0 Å². The van der Waals surface area contributed by atoms with Crippen molar-refractivity contribution in [2.24, 2.45) is 51.8 Å². The maximum absolute atomic E-state index is 13.0. The molecule has 0 bridgehead atoms. The number of allylic oxidation sites excluding steroid dienone is 1. The van der Waals surface area contributed by atoms with Gasteiger partial charge in [0.2, 0.25) is 16.9 Å². The molecule has 1 saturated heterocycles. The molecular formula is C48H78N7O19P3S. The van der Waals surface area contributed by atoms with Crippen LogP contribution in [0, 0.1) is 51.8 Å². The Morgan fingerprint density at radius 3 is 2.37 bits per heavy atom. The molecule has 0 radical (unpaired) electrons. The number of amides is 2. The number of carbonyl (C=O) groups excluding carboxylic acids is 3. The standard InChI is InChI=1S/C48H78N7O19P3S/c1-26(30-10-11-31-36-32(13-16-48(30,31)6)47(5)15-12-29(56)20-28(47)21-33(36)57)8-7-9-27(2)45(62)78-19-18-50-35(58)14-17-51-43(61)40(60)46(3,4)23-71-77(68,69)74-76(66,67)70-22-34-39(73-75(63,64)65)38(59)44(72-34)55-25-54-37-41(49)52-24-53-42(37)55/h9,24-26,28-34,36,38-40,44,56-57,59-60H,7-8,10-23H2,1-6H3,(H,50,58)(H,51,61)(H,66,67)(H,68,69)(H2,49,52,53)(H2,63,64,65)/b27-9+/t26-,28+,29-,30-,31+,32+,33-,34-,36+,38-,39-,40?,44-,47+,48-/m1/s1. The van der Waals surface area contributed by atoms with E-state index in [0.717, 1.165) is 86.8 Å².